The van der Waals surface area contributed by atoms with Crippen molar-refractivity contribution >= 4 is 21.6 Å². The molecule has 0 saturated heterocycles. The third-order valence-corrected chi connectivity index (χ3v) is 6.36. The van der Waals surface area contributed by atoms with Gasteiger partial charge in [-0.1, -0.05) is 49.4 Å². The monoisotopic (exact) mass is 466 g/mol. The molecule has 1 amide bonds. The average molecular weight is 467 g/mol. The van der Waals surface area contributed by atoms with Gasteiger partial charge in [0.25, 0.3) is 5.91 Å². The van der Waals surface area contributed by atoms with E-state index in [0.717, 1.165) is 28.9 Å². The Kier molecular flexibility index (Phi) is 8.11. The highest BCUT2D eigenvalue weighted by molar-refractivity contribution is 7.92. The molecule has 0 spiro atoms. The number of hydrogen-bond acceptors (Lipinski definition) is 4. The molecule has 3 rings (SSSR count). The maximum Gasteiger partial charge on any atom is 0.251 e. The van der Waals surface area contributed by atoms with E-state index in [-0.39, 0.29) is 12.5 Å². The Morgan fingerprint density at radius 2 is 1.73 bits per heavy atom. The summed E-state index contributed by atoms with van der Waals surface area (Å²) in [6.07, 6.45) is 1.94. The fourth-order valence-electron chi connectivity index (χ4n) is 3.50. The molecular formula is C26H30N2O4S. The molecule has 0 unspecified atom stereocenters. The van der Waals surface area contributed by atoms with Crippen molar-refractivity contribution in [2.75, 3.05) is 23.7 Å². The standard InChI is InChI=1S/C26H30N2O4S/c1-4-22-9-5-6-11-25(22)28(33(3,30)31)19-21-12-14-23(15-13-21)26(29)27-16-17-32-24-10-7-8-20(2)18-24/h5-15,18H,4,16-17,19H2,1-3H3,(H,27,29). The lowest BCUT2D eigenvalue weighted by Crippen LogP contribution is -2.30. The van der Waals surface area contributed by atoms with Crippen molar-refractivity contribution in [2.45, 2.75) is 26.8 Å². The van der Waals surface area contributed by atoms with E-state index in [1.165, 1.54) is 10.6 Å². The topological polar surface area (TPSA) is 75.7 Å². The number of nitrogens with one attached hydrogen (secondary N) is 1. The number of aryl methyl sites for hydroxylation is 2. The van der Waals surface area contributed by atoms with Gasteiger partial charge in [-0.05, 0) is 60.4 Å². The molecule has 174 valence electrons. The molecule has 6 nitrogen and oxygen atoms in total. The number of carbonyl (C=O) groups is 1. The van der Waals surface area contributed by atoms with Crippen LogP contribution in [0.2, 0.25) is 0 Å². The Labute approximate surface area is 196 Å². The number of benzene rings is 3. The molecule has 1 N–H and O–H groups in total. The molecule has 3 aromatic carbocycles. The second-order valence-corrected chi connectivity index (χ2v) is 9.78. The van der Waals surface area contributed by atoms with Crippen LogP contribution in [0.5, 0.6) is 5.75 Å². The van der Waals surface area contributed by atoms with Gasteiger partial charge in [-0.3, -0.25) is 9.10 Å². The molecule has 7 heteroatoms. The predicted molar refractivity (Wildman–Crippen MR) is 132 cm³/mol. The van der Waals surface area contributed by atoms with Crippen molar-refractivity contribution in [1.29, 1.82) is 0 Å². The summed E-state index contributed by atoms with van der Waals surface area (Å²) in [4.78, 5) is 12.4. The highest BCUT2D eigenvalue weighted by Gasteiger charge is 2.20. The van der Waals surface area contributed by atoms with Crippen LogP contribution in [0.1, 0.15) is 34.0 Å². The lowest BCUT2D eigenvalue weighted by molar-refractivity contribution is 0.0947. The number of ether oxygens (including phenoxy) is 1. The van der Waals surface area contributed by atoms with Crippen LogP contribution >= 0.6 is 0 Å². The maximum atomic E-state index is 12.5. The minimum Gasteiger partial charge on any atom is -0.492 e. The van der Waals surface area contributed by atoms with Crippen LogP contribution in [0.15, 0.2) is 72.8 Å². The van der Waals surface area contributed by atoms with Gasteiger partial charge in [-0.15, -0.1) is 0 Å². The van der Waals surface area contributed by atoms with Crippen molar-refractivity contribution in [3.8, 4) is 5.75 Å². The maximum absolute atomic E-state index is 12.5. The number of para-hydroxylation sites is 1. The fraction of sp³-hybridized carbons (Fsp3) is 0.269. The summed E-state index contributed by atoms with van der Waals surface area (Å²) in [5, 5.41) is 2.84. The number of amides is 1. The first-order chi connectivity index (χ1) is 15.8. The molecule has 0 atom stereocenters. The van der Waals surface area contributed by atoms with E-state index < -0.39 is 10.0 Å². The molecule has 0 fully saturated rings. The van der Waals surface area contributed by atoms with E-state index in [1.54, 1.807) is 24.3 Å². The van der Waals surface area contributed by atoms with Crippen LogP contribution in [-0.4, -0.2) is 33.7 Å². The number of rotatable bonds is 10. The molecular weight excluding hydrogens is 436 g/mol. The van der Waals surface area contributed by atoms with E-state index >= 15 is 0 Å². The smallest absolute Gasteiger partial charge is 0.251 e. The zero-order valence-electron chi connectivity index (χ0n) is 19.2. The number of carbonyl (C=O) groups excluding carboxylic acids is 1. The van der Waals surface area contributed by atoms with E-state index in [4.69, 9.17) is 4.74 Å². The largest absolute Gasteiger partial charge is 0.492 e. The summed E-state index contributed by atoms with van der Waals surface area (Å²) in [5.74, 6) is 0.569. The van der Waals surface area contributed by atoms with Crippen LogP contribution < -0.4 is 14.4 Å². The Balaban J connectivity index is 1.60. The minimum absolute atomic E-state index is 0.197. The van der Waals surface area contributed by atoms with E-state index in [9.17, 15) is 13.2 Å². The quantitative estimate of drug-likeness (QED) is 0.451. The minimum atomic E-state index is -3.48. The lowest BCUT2D eigenvalue weighted by Gasteiger charge is -2.25. The summed E-state index contributed by atoms with van der Waals surface area (Å²) in [6.45, 7) is 4.94. The number of nitrogens with zero attached hydrogens (tertiary/aromatic N) is 1. The molecule has 0 aliphatic rings. The fourth-order valence-corrected chi connectivity index (χ4v) is 4.42. The first-order valence-corrected chi connectivity index (χ1v) is 12.7. The summed E-state index contributed by atoms with van der Waals surface area (Å²) >= 11 is 0. The van der Waals surface area contributed by atoms with Gasteiger partial charge in [0.05, 0.1) is 25.0 Å². The van der Waals surface area contributed by atoms with Crippen LogP contribution in [0.4, 0.5) is 5.69 Å². The number of sulfonamides is 1. The summed E-state index contributed by atoms with van der Waals surface area (Å²) in [7, 11) is -3.48. The first-order valence-electron chi connectivity index (χ1n) is 10.9. The molecule has 0 radical (unpaired) electrons. The molecule has 0 heterocycles. The van der Waals surface area contributed by atoms with Crippen LogP contribution in [0, 0.1) is 6.92 Å². The molecule has 0 aliphatic heterocycles. The predicted octanol–water partition coefficient (Wildman–Crippen LogP) is 4.33. The van der Waals surface area contributed by atoms with Gasteiger partial charge in [0.15, 0.2) is 0 Å². The van der Waals surface area contributed by atoms with Crippen LogP contribution in [0.3, 0.4) is 0 Å². The van der Waals surface area contributed by atoms with Crippen molar-refractivity contribution in [3.63, 3.8) is 0 Å². The summed E-state index contributed by atoms with van der Waals surface area (Å²) in [6, 6.07) is 22.2. The molecule has 3 aromatic rings. The second-order valence-electron chi connectivity index (χ2n) is 7.87. The second kappa shape index (κ2) is 11.0. The van der Waals surface area contributed by atoms with Gasteiger partial charge < -0.3 is 10.1 Å². The van der Waals surface area contributed by atoms with Crippen molar-refractivity contribution in [3.05, 3.63) is 95.1 Å². The molecule has 0 saturated carbocycles. The van der Waals surface area contributed by atoms with Gasteiger partial charge in [0.1, 0.15) is 12.4 Å². The normalized spacial score (nSPS) is 11.1. The Morgan fingerprint density at radius 1 is 1.00 bits per heavy atom. The molecule has 0 aliphatic carbocycles. The van der Waals surface area contributed by atoms with Gasteiger partial charge in [-0.2, -0.15) is 0 Å². The summed E-state index contributed by atoms with van der Waals surface area (Å²) in [5.41, 5.74) is 4.06. The number of hydrogen-bond donors (Lipinski definition) is 1. The van der Waals surface area contributed by atoms with Gasteiger partial charge in [-0.25, -0.2) is 8.42 Å². The number of anilines is 1. The van der Waals surface area contributed by atoms with Crippen molar-refractivity contribution in [1.82, 2.24) is 5.32 Å². The van der Waals surface area contributed by atoms with Crippen LogP contribution in [0.25, 0.3) is 0 Å². The van der Waals surface area contributed by atoms with Crippen LogP contribution in [-0.2, 0) is 23.0 Å². The third-order valence-electron chi connectivity index (χ3n) is 5.23. The molecule has 33 heavy (non-hydrogen) atoms. The highest BCUT2D eigenvalue weighted by Crippen LogP contribution is 2.25. The van der Waals surface area contributed by atoms with Crippen molar-refractivity contribution in [2.24, 2.45) is 0 Å². The lowest BCUT2D eigenvalue weighted by atomic mass is 10.1. The highest BCUT2D eigenvalue weighted by atomic mass is 32.2. The Bertz CT molecular complexity index is 1190. The van der Waals surface area contributed by atoms with Gasteiger partial charge in [0.2, 0.25) is 10.0 Å². The van der Waals surface area contributed by atoms with Crippen molar-refractivity contribution < 1.29 is 17.9 Å². The van der Waals surface area contributed by atoms with E-state index in [1.807, 2.05) is 62.4 Å². The Morgan fingerprint density at radius 3 is 2.39 bits per heavy atom. The average Bonchev–Trinajstić information content (AvgIpc) is 2.80. The zero-order valence-corrected chi connectivity index (χ0v) is 20.1. The van der Waals surface area contributed by atoms with E-state index in [2.05, 4.69) is 5.32 Å². The summed E-state index contributed by atoms with van der Waals surface area (Å²) < 4.78 is 32.1. The zero-order chi connectivity index (χ0) is 23.8. The SMILES string of the molecule is CCc1ccccc1N(Cc1ccc(C(=O)NCCOc2cccc(C)c2)cc1)S(C)(=O)=O. The molecule has 0 aromatic heterocycles. The van der Waals surface area contributed by atoms with Gasteiger partial charge >= 0.3 is 0 Å². The first kappa shape index (κ1) is 24.3. The molecule has 0 bridgehead atoms. The Hall–Kier alpha value is -3.32. The third kappa shape index (κ3) is 6.83. The van der Waals surface area contributed by atoms with E-state index in [0.29, 0.717) is 24.4 Å². The van der Waals surface area contributed by atoms with Gasteiger partial charge in [0, 0.05) is 5.56 Å².